The molecule has 1 heterocycles. The maximum absolute atomic E-state index is 14.4. The lowest BCUT2D eigenvalue weighted by Gasteiger charge is -2.22. The summed E-state index contributed by atoms with van der Waals surface area (Å²) < 4.78 is 52.0. The molecule has 1 amide bonds. The van der Waals surface area contributed by atoms with E-state index in [1.807, 2.05) is 4.90 Å². The molecule has 0 saturated carbocycles. The number of carbonyl (C=O) groups is 1. The number of amides is 1. The summed E-state index contributed by atoms with van der Waals surface area (Å²) in [5.74, 6) is -0.333. The number of benzene rings is 2. The van der Waals surface area contributed by atoms with E-state index in [0.717, 1.165) is 25.9 Å². The number of ether oxygens (including phenoxy) is 2. The van der Waals surface area contributed by atoms with Gasteiger partial charge in [-0.3, -0.25) is 4.79 Å². The molecule has 0 atom stereocenters. The number of hydrogen-bond acceptors (Lipinski definition) is 6. The van der Waals surface area contributed by atoms with Crippen LogP contribution in [0.3, 0.4) is 0 Å². The van der Waals surface area contributed by atoms with Gasteiger partial charge in [0.15, 0.2) is 11.5 Å². The van der Waals surface area contributed by atoms with Crippen LogP contribution in [-0.4, -0.2) is 48.2 Å². The third kappa shape index (κ3) is 5.45. The Morgan fingerprint density at radius 1 is 1.10 bits per heavy atom. The molecule has 0 unspecified atom stereocenters. The first kappa shape index (κ1) is 22.8. The van der Waals surface area contributed by atoms with Crippen LogP contribution in [0.25, 0.3) is 0 Å². The largest absolute Gasteiger partial charge is 0.493 e. The van der Waals surface area contributed by atoms with E-state index in [-0.39, 0.29) is 29.3 Å². The van der Waals surface area contributed by atoms with Crippen molar-refractivity contribution in [3.8, 4) is 11.5 Å². The normalized spacial score (nSPS) is 13.8. The summed E-state index contributed by atoms with van der Waals surface area (Å²) >= 11 is 0. The number of rotatable bonds is 9. The minimum Gasteiger partial charge on any atom is -0.493 e. The first-order chi connectivity index (χ1) is 14.9. The maximum Gasteiger partial charge on any atom is 0.240 e. The fourth-order valence-corrected chi connectivity index (χ4v) is 4.47. The quantitative estimate of drug-likeness (QED) is 0.609. The highest BCUT2D eigenvalue weighted by Gasteiger charge is 2.21. The van der Waals surface area contributed by atoms with Crippen molar-refractivity contribution in [3.05, 3.63) is 42.2 Å². The smallest absolute Gasteiger partial charge is 0.240 e. The molecule has 1 aliphatic heterocycles. The van der Waals surface area contributed by atoms with Gasteiger partial charge in [-0.25, -0.2) is 17.5 Å². The standard InChI is InChI=1S/C21H26FN3O5S/c1-29-18-9-8-15(14-19(18)30-2)31(27,28)23-11-10-20(26)24-21-16(22)6-5-7-17(21)25-12-3-4-13-25/h5-9,14,23H,3-4,10-13H2,1-2H3,(H,24,26). The molecular weight excluding hydrogens is 425 g/mol. The van der Waals surface area contributed by atoms with Crippen molar-refractivity contribution in [2.24, 2.45) is 0 Å². The van der Waals surface area contributed by atoms with Crippen molar-refractivity contribution in [2.75, 3.05) is 44.1 Å². The molecule has 0 aliphatic carbocycles. The van der Waals surface area contributed by atoms with E-state index in [2.05, 4.69) is 10.0 Å². The summed E-state index contributed by atoms with van der Waals surface area (Å²) in [5.41, 5.74) is 0.758. The van der Waals surface area contributed by atoms with Gasteiger partial charge >= 0.3 is 0 Å². The van der Waals surface area contributed by atoms with Gasteiger partial charge in [-0.1, -0.05) is 6.07 Å². The predicted octanol–water partition coefficient (Wildman–Crippen LogP) is 2.75. The zero-order valence-corrected chi connectivity index (χ0v) is 18.3. The maximum atomic E-state index is 14.4. The average Bonchev–Trinajstić information content (AvgIpc) is 3.29. The molecular formula is C21H26FN3O5S. The molecule has 1 aliphatic rings. The zero-order chi connectivity index (χ0) is 22.4. The molecule has 2 N–H and O–H groups in total. The molecule has 31 heavy (non-hydrogen) atoms. The van der Waals surface area contributed by atoms with Crippen molar-refractivity contribution >= 4 is 27.3 Å². The van der Waals surface area contributed by atoms with Gasteiger partial charge in [0.05, 0.1) is 24.8 Å². The summed E-state index contributed by atoms with van der Waals surface area (Å²) in [6.07, 6.45) is 1.88. The molecule has 10 heteroatoms. The van der Waals surface area contributed by atoms with Crippen LogP contribution in [0.2, 0.25) is 0 Å². The predicted molar refractivity (Wildman–Crippen MR) is 116 cm³/mol. The molecule has 8 nitrogen and oxygen atoms in total. The van der Waals surface area contributed by atoms with Crippen LogP contribution in [0.15, 0.2) is 41.3 Å². The zero-order valence-electron chi connectivity index (χ0n) is 17.5. The van der Waals surface area contributed by atoms with Gasteiger partial charge in [0.2, 0.25) is 15.9 Å². The van der Waals surface area contributed by atoms with Crippen molar-refractivity contribution in [1.82, 2.24) is 4.72 Å². The number of nitrogens with one attached hydrogen (secondary N) is 2. The lowest BCUT2D eigenvalue weighted by molar-refractivity contribution is -0.116. The Bertz CT molecular complexity index is 1040. The van der Waals surface area contributed by atoms with Crippen LogP contribution in [0.4, 0.5) is 15.8 Å². The summed E-state index contributed by atoms with van der Waals surface area (Å²) in [7, 11) is -1.00. The first-order valence-electron chi connectivity index (χ1n) is 9.90. The minimum absolute atomic E-state index is 0.0176. The molecule has 3 rings (SSSR count). The summed E-state index contributed by atoms with van der Waals surface area (Å²) in [6, 6.07) is 8.86. The second kappa shape index (κ2) is 9.97. The molecule has 2 aromatic rings. The highest BCUT2D eigenvalue weighted by atomic mass is 32.2. The molecule has 168 valence electrons. The number of carbonyl (C=O) groups excluding carboxylic acids is 1. The Labute approximate surface area is 181 Å². The molecule has 0 spiro atoms. The third-order valence-corrected chi connectivity index (χ3v) is 6.47. The van der Waals surface area contributed by atoms with Crippen molar-refractivity contribution < 1.29 is 27.1 Å². The number of sulfonamides is 1. The summed E-state index contributed by atoms with van der Waals surface area (Å²) in [4.78, 5) is 14.4. The van der Waals surface area contributed by atoms with Crippen LogP contribution >= 0.6 is 0 Å². The Morgan fingerprint density at radius 2 is 1.81 bits per heavy atom. The number of methoxy groups -OCH3 is 2. The van der Waals surface area contributed by atoms with Gasteiger partial charge in [0, 0.05) is 32.1 Å². The van der Waals surface area contributed by atoms with Crippen LogP contribution in [0.5, 0.6) is 11.5 Å². The number of nitrogens with zero attached hydrogens (tertiary/aromatic N) is 1. The topological polar surface area (TPSA) is 97.0 Å². The second-order valence-corrected chi connectivity index (χ2v) is 8.81. The molecule has 1 saturated heterocycles. The molecule has 1 fully saturated rings. The minimum atomic E-state index is -3.86. The van der Waals surface area contributed by atoms with E-state index in [1.54, 1.807) is 12.1 Å². The van der Waals surface area contributed by atoms with E-state index in [4.69, 9.17) is 9.47 Å². The van der Waals surface area contributed by atoms with Gasteiger partial charge in [-0.05, 0) is 37.1 Å². The van der Waals surface area contributed by atoms with E-state index >= 15 is 0 Å². The number of halogens is 1. The third-order valence-electron chi connectivity index (χ3n) is 5.01. The Morgan fingerprint density at radius 3 is 2.48 bits per heavy atom. The van der Waals surface area contributed by atoms with E-state index in [9.17, 15) is 17.6 Å². The van der Waals surface area contributed by atoms with Crippen LogP contribution in [0, 0.1) is 5.82 Å². The average molecular weight is 452 g/mol. The van der Waals surface area contributed by atoms with Crippen molar-refractivity contribution in [2.45, 2.75) is 24.2 Å². The van der Waals surface area contributed by atoms with E-state index in [0.29, 0.717) is 11.4 Å². The lowest BCUT2D eigenvalue weighted by Crippen LogP contribution is -2.28. The summed E-state index contributed by atoms with van der Waals surface area (Å²) in [5, 5.41) is 2.59. The van der Waals surface area contributed by atoms with E-state index in [1.165, 1.54) is 38.5 Å². The van der Waals surface area contributed by atoms with Gasteiger partial charge in [0.25, 0.3) is 0 Å². The first-order valence-corrected chi connectivity index (χ1v) is 11.4. The Kier molecular flexibility index (Phi) is 7.34. The number of anilines is 2. The summed E-state index contributed by atoms with van der Waals surface area (Å²) in [6.45, 7) is 1.46. The highest BCUT2D eigenvalue weighted by molar-refractivity contribution is 7.89. The van der Waals surface area contributed by atoms with Gasteiger partial charge in [-0.15, -0.1) is 0 Å². The van der Waals surface area contributed by atoms with Gasteiger partial charge in [0.1, 0.15) is 11.5 Å². The van der Waals surface area contributed by atoms with Crippen LogP contribution in [0.1, 0.15) is 19.3 Å². The number of hydrogen-bond donors (Lipinski definition) is 2. The van der Waals surface area contributed by atoms with E-state index < -0.39 is 21.7 Å². The van der Waals surface area contributed by atoms with Crippen LogP contribution < -0.4 is 24.4 Å². The molecule has 2 aromatic carbocycles. The molecule has 0 radical (unpaired) electrons. The molecule has 0 aromatic heterocycles. The monoisotopic (exact) mass is 451 g/mol. The highest BCUT2D eigenvalue weighted by Crippen LogP contribution is 2.31. The van der Waals surface area contributed by atoms with Crippen molar-refractivity contribution in [3.63, 3.8) is 0 Å². The Hall–Kier alpha value is -2.85. The fourth-order valence-electron chi connectivity index (χ4n) is 3.43. The fraction of sp³-hybridized carbons (Fsp3) is 0.381. The molecule has 0 bridgehead atoms. The lowest BCUT2D eigenvalue weighted by atomic mass is 10.2. The Balaban J connectivity index is 1.62. The van der Waals surface area contributed by atoms with Gasteiger partial charge < -0.3 is 19.7 Å². The number of para-hydroxylation sites is 1. The SMILES string of the molecule is COc1ccc(S(=O)(=O)NCCC(=O)Nc2c(F)cccc2N2CCCC2)cc1OC. The van der Waals surface area contributed by atoms with Gasteiger partial charge in [-0.2, -0.15) is 0 Å². The van der Waals surface area contributed by atoms with Crippen molar-refractivity contribution in [1.29, 1.82) is 0 Å². The second-order valence-electron chi connectivity index (χ2n) is 7.04. The van der Waals surface area contributed by atoms with Crippen LogP contribution in [-0.2, 0) is 14.8 Å².